The van der Waals surface area contributed by atoms with Crippen molar-refractivity contribution in [3.05, 3.63) is 66.2 Å². The number of benzene rings is 2. The first-order valence-corrected chi connectivity index (χ1v) is 13.6. The zero-order valence-corrected chi connectivity index (χ0v) is 21.2. The molecule has 35 heavy (non-hydrogen) atoms. The first-order valence-electron chi connectivity index (χ1n) is 13.6. The van der Waals surface area contributed by atoms with Crippen LogP contribution < -0.4 is 4.74 Å². The van der Waals surface area contributed by atoms with Crippen LogP contribution in [0.15, 0.2) is 60.7 Å². The molecule has 2 aromatic rings. The summed E-state index contributed by atoms with van der Waals surface area (Å²) in [5.41, 5.74) is 0.331. The Morgan fingerprint density at radius 3 is 2.31 bits per heavy atom. The molecule has 2 atom stereocenters. The highest BCUT2D eigenvalue weighted by atomic mass is 16.5. The zero-order chi connectivity index (χ0) is 24.1. The van der Waals surface area contributed by atoms with Gasteiger partial charge in [0.25, 0.3) is 0 Å². The Bertz CT molecular complexity index is 952. The van der Waals surface area contributed by atoms with Gasteiger partial charge in [-0.25, -0.2) is 4.79 Å². The molecule has 0 aromatic heterocycles. The quantitative estimate of drug-likeness (QED) is 0.289. The van der Waals surface area contributed by atoms with Gasteiger partial charge in [-0.2, -0.15) is 0 Å². The third-order valence-electron chi connectivity index (χ3n) is 8.81. The van der Waals surface area contributed by atoms with Crippen LogP contribution in [0.2, 0.25) is 0 Å². The van der Waals surface area contributed by atoms with E-state index in [0.29, 0.717) is 5.92 Å². The third-order valence-corrected chi connectivity index (χ3v) is 8.81. The van der Waals surface area contributed by atoms with Crippen molar-refractivity contribution in [2.75, 3.05) is 45.9 Å². The highest BCUT2D eigenvalue weighted by molar-refractivity contribution is 5.82. The maximum atomic E-state index is 13.9. The van der Waals surface area contributed by atoms with E-state index in [4.69, 9.17) is 9.47 Å². The average Bonchev–Trinajstić information content (AvgIpc) is 2.93. The SMILES string of the molecule is C[C@@](C(=O)O[C@H]1C[N+]2(CCCOc3ccccc3)CCC1CC2)(c1ccccc1)N1CCCCC1. The Balaban J connectivity index is 1.24. The fourth-order valence-electron chi connectivity index (χ4n) is 6.56. The van der Waals surface area contributed by atoms with E-state index in [0.717, 1.165) is 80.7 Å². The molecule has 0 amide bonds. The molecule has 5 nitrogen and oxygen atoms in total. The Morgan fingerprint density at radius 2 is 1.63 bits per heavy atom. The summed E-state index contributed by atoms with van der Waals surface area (Å²) >= 11 is 0. The minimum absolute atomic E-state index is 0.0212. The van der Waals surface area contributed by atoms with Gasteiger partial charge < -0.3 is 14.0 Å². The van der Waals surface area contributed by atoms with Crippen molar-refractivity contribution >= 4 is 5.97 Å². The smallest absolute Gasteiger partial charge is 0.331 e. The van der Waals surface area contributed by atoms with Crippen LogP contribution in [0.1, 0.15) is 51.0 Å². The molecule has 5 heteroatoms. The maximum Gasteiger partial charge on any atom is 0.331 e. The van der Waals surface area contributed by atoms with E-state index in [9.17, 15) is 4.79 Å². The fourth-order valence-corrected chi connectivity index (χ4v) is 6.56. The second-order valence-electron chi connectivity index (χ2n) is 11.0. The molecule has 0 unspecified atom stereocenters. The van der Waals surface area contributed by atoms with E-state index in [1.807, 2.05) is 48.5 Å². The molecule has 0 N–H and O–H groups in total. The second kappa shape index (κ2) is 10.7. The van der Waals surface area contributed by atoms with Gasteiger partial charge in [-0.15, -0.1) is 0 Å². The lowest BCUT2D eigenvalue weighted by atomic mass is 9.82. The summed E-state index contributed by atoms with van der Waals surface area (Å²) in [5, 5.41) is 0. The lowest BCUT2D eigenvalue weighted by molar-refractivity contribution is -0.946. The molecule has 188 valence electrons. The maximum absolute atomic E-state index is 13.9. The molecule has 4 saturated heterocycles. The Hall–Kier alpha value is -2.37. The molecule has 6 rings (SSSR count). The minimum atomic E-state index is -0.720. The number of carbonyl (C=O) groups excluding carboxylic acids is 1. The van der Waals surface area contributed by atoms with E-state index in [1.54, 1.807) is 0 Å². The fraction of sp³-hybridized carbons (Fsp3) is 0.567. The van der Waals surface area contributed by atoms with Crippen LogP contribution in [0.5, 0.6) is 5.75 Å². The summed E-state index contributed by atoms with van der Waals surface area (Å²) in [6, 6.07) is 20.3. The Labute approximate surface area is 210 Å². The van der Waals surface area contributed by atoms with E-state index < -0.39 is 5.54 Å². The number of ether oxygens (including phenoxy) is 2. The van der Waals surface area contributed by atoms with Crippen LogP contribution in [0.3, 0.4) is 0 Å². The van der Waals surface area contributed by atoms with Gasteiger partial charge in [0.1, 0.15) is 17.8 Å². The van der Waals surface area contributed by atoms with Crippen molar-refractivity contribution in [1.82, 2.24) is 4.90 Å². The van der Waals surface area contributed by atoms with Crippen LogP contribution in [0, 0.1) is 5.92 Å². The number of piperidine rings is 4. The highest BCUT2D eigenvalue weighted by Crippen LogP contribution is 2.38. The summed E-state index contributed by atoms with van der Waals surface area (Å²) in [6.07, 6.45) is 6.89. The predicted octanol–water partition coefficient (Wildman–Crippen LogP) is 5.01. The van der Waals surface area contributed by atoms with Gasteiger partial charge in [0.05, 0.1) is 26.2 Å². The molecular weight excluding hydrogens is 436 g/mol. The molecule has 4 aliphatic heterocycles. The Morgan fingerprint density at radius 1 is 0.971 bits per heavy atom. The summed E-state index contributed by atoms with van der Waals surface area (Å²) in [6.45, 7) is 9.17. The summed E-state index contributed by atoms with van der Waals surface area (Å²) in [4.78, 5) is 16.3. The number of quaternary nitrogens is 1. The first kappa shape index (κ1) is 24.3. The Kier molecular flexibility index (Phi) is 7.45. The van der Waals surface area contributed by atoms with E-state index >= 15 is 0 Å². The van der Waals surface area contributed by atoms with Crippen molar-refractivity contribution in [2.45, 2.75) is 57.1 Å². The lowest BCUT2D eigenvalue weighted by Crippen LogP contribution is -2.65. The number of hydrogen-bond acceptors (Lipinski definition) is 4. The number of para-hydroxylation sites is 1. The summed E-state index contributed by atoms with van der Waals surface area (Å²) < 4.78 is 13.5. The zero-order valence-electron chi connectivity index (χ0n) is 21.2. The van der Waals surface area contributed by atoms with Crippen molar-refractivity contribution in [1.29, 1.82) is 0 Å². The number of esters is 1. The van der Waals surface area contributed by atoms with Gasteiger partial charge in [0, 0.05) is 25.2 Å². The molecule has 0 spiro atoms. The molecule has 4 aliphatic rings. The van der Waals surface area contributed by atoms with Crippen molar-refractivity contribution < 1.29 is 18.8 Å². The van der Waals surface area contributed by atoms with Crippen molar-refractivity contribution in [2.24, 2.45) is 5.92 Å². The van der Waals surface area contributed by atoms with Crippen LogP contribution in [-0.2, 0) is 15.1 Å². The predicted molar refractivity (Wildman–Crippen MR) is 138 cm³/mol. The standard InChI is InChI=1S/C30H41N2O3/c1-30(26-12-5-2-6-13-26,31-18-9-4-10-19-31)29(33)35-28-24-32(21-16-25(28)17-22-32)20-11-23-34-27-14-7-3-8-15-27/h2-3,5-8,12-15,25,28H,4,9-11,16-24H2,1H3/q+1/t25?,28-,30-,32?/m0/s1. The minimum Gasteiger partial charge on any atom is -0.493 e. The molecular formula is C30H41N2O3+. The van der Waals surface area contributed by atoms with Crippen molar-refractivity contribution in [3.63, 3.8) is 0 Å². The third kappa shape index (κ3) is 5.26. The van der Waals surface area contributed by atoms with E-state index in [1.165, 1.54) is 19.5 Å². The van der Waals surface area contributed by atoms with Crippen LogP contribution >= 0.6 is 0 Å². The van der Waals surface area contributed by atoms with Crippen LogP contribution in [0.25, 0.3) is 0 Å². The number of hydrogen-bond donors (Lipinski definition) is 0. The number of nitrogens with zero attached hydrogens (tertiary/aromatic N) is 2. The normalized spacial score (nSPS) is 28.3. The number of carbonyl (C=O) groups is 1. The summed E-state index contributed by atoms with van der Waals surface area (Å²) in [5.74, 6) is 1.38. The topological polar surface area (TPSA) is 38.8 Å². The largest absolute Gasteiger partial charge is 0.493 e. The molecule has 4 heterocycles. The van der Waals surface area contributed by atoms with Gasteiger partial charge in [-0.05, 0) is 50.6 Å². The molecule has 0 radical (unpaired) electrons. The van der Waals surface area contributed by atoms with Gasteiger partial charge in [-0.3, -0.25) is 4.90 Å². The first-order chi connectivity index (χ1) is 17.1. The van der Waals surface area contributed by atoms with Crippen LogP contribution in [-0.4, -0.2) is 67.3 Å². The number of fused-ring (bicyclic) bond motifs is 3. The number of likely N-dealkylation sites (tertiary alicyclic amines) is 1. The summed E-state index contributed by atoms with van der Waals surface area (Å²) in [7, 11) is 0. The molecule has 4 fully saturated rings. The monoisotopic (exact) mass is 477 g/mol. The van der Waals surface area contributed by atoms with Gasteiger partial charge in [0.2, 0.25) is 0 Å². The molecule has 0 saturated carbocycles. The number of rotatable bonds is 9. The molecule has 0 aliphatic carbocycles. The van der Waals surface area contributed by atoms with E-state index in [2.05, 4.69) is 24.0 Å². The average molecular weight is 478 g/mol. The second-order valence-corrected chi connectivity index (χ2v) is 11.0. The van der Waals surface area contributed by atoms with E-state index in [-0.39, 0.29) is 12.1 Å². The lowest BCUT2D eigenvalue weighted by Gasteiger charge is -2.52. The van der Waals surface area contributed by atoms with Crippen LogP contribution in [0.4, 0.5) is 0 Å². The molecule has 2 aromatic carbocycles. The van der Waals surface area contributed by atoms with Gasteiger partial charge in [-0.1, -0.05) is 55.0 Å². The van der Waals surface area contributed by atoms with Crippen molar-refractivity contribution in [3.8, 4) is 5.75 Å². The van der Waals surface area contributed by atoms with Gasteiger partial charge >= 0.3 is 5.97 Å². The highest BCUT2D eigenvalue weighted by Gasteiger charge is 2.50. The molecule has 2 bridgehead atoms. The van der Waals surface area contributed by atoms with Gasteiger partial charge in [0.15, 0.2) is 6.10 Å².